The fourth-order valence-electron chi connectivity index (χ4n) is 2.94. The van der Waals surface area contributed by atoms with Crippen molar-refractivity contribution in [3.05, 3.63) is 18.0 Å². The van der Waals surface area contributed by atoms with Crippen LogP contribution in [0.1, 0.15) is 44.8 Å². The summed E-state index contributed by atoms with van der Waals surface area (Å²) < 4.78 is 1.95. The number of aryl methyl sites for hydroxylation is 1. The zero-order chi connectivity index (χ0) is 13.7. The van der Waals surface area contributed by atoms with Crippen LogP contribution >= 0.6 is 0 Å². The second kappa shape index (κ2) is 7.06. The van der Waals surface area contributed by atoms with Gasteiger partial charge < -0.3 is 10.2 Å². The molecule has 2 rings (SSSR count). The van der Waals surface area contributed by atoms with E-state index in [-0.39, 0.29) is 0 Å². The Morgan fingerprint density at radius 3 is 2.63 bits per heavy atom. The van der Waals surface area contributed by atoms with Crippen molar-refractivity contribution in [3.8, 4) is 0 Å². The van der Waals surface area contributed by atoms with Crippen LogP contribution in [0.25, 0.3) is 0 Å². The molecule has 4 nitrogen and oxygen atoms in total. The quantitative estimate of drug-likeness (QED) is 0.855. The molecule has 1 fully saturated rings. The lowest BCUT2D eigenvalue weighted by Gasteiger charge is -2.29. The van der Waals surface area contributed by atoms with Crippen LogP contribution in [0.15, 0.2) is 12.3 Å². The molecule has 2 unspecified atom stereocenters. The molecule has 108 valence electrons. The predicted molar refractivity (Wildman–Crippen MR) is 79.1 cm³/mol. The van der Waals surface area contributed by atoms with Gasteiger partial charge in [-0.1, -0.05) is 13.3 Å². The Morgan fingerprint density at radius 1 is 1.26 bits per heavy atom. The van der Waals surface area contributed by atoms with Crippen molar-refractivity contribution < 1.29 is 0 Å². The molecule has 0 radical (unpaired) electrons. The van der Waals surface area contributed by atoms with Crippen molar-refractivity contribution in [3.63, 3.8) is 0 Å². The highest BCUT2D eigenvalue weighted by molar-refractivity contribution is 5.05. The molecule has 0 spiro atoms. The maximum absolute atomic E-state index is 4.23. The average molecular weight is 264 g/mol. The largest absolute Gasteiger partial charge is 0.309 e. The molecule has 0 saturated carbocycles. The molecule has 2 atom stereocenters. The summed E-state index contributed by atoms with van der Waals surface area (Å²) in [6, 6.07) is 2.46. The molecule has 1 aliphatic rings. The van der Waals surface area contributed by atoms with Gasteiger partial charge in [0.05, 0.1) is 5.69 Å². The Hall–Kier alpha value is -0.870. The summed E-state index contributed by atoms with van der Waals surface area (Å²) in [5.41, 5.74) is 1.25. The number of nitrogens with one attached hydrogen (secondary N) is 1. The highest BCUT2D eigenvalue weighted by Crippen LogP contribution is 2.13. The zero-order valence-corrected chi connectivity index (χ0v) is 12.6. The van der Waals surface area contributed by atoms with Gasteiger partial charge in [0.1, 0.15) is 0 Å². The molecule has 0 aliphatic carbocycles. The van der Waals surface area contributed by atoms with Crippen molar-refractivity contribution in [1.29, 1.82) is 0 Å². The molecule has 1 saturated heterocycles. The Balaban J connectivity index is 1.71. The summed E-state index contributed by atoms with van der Waals surface area (Å²) in [6.07, 6.45) is 6.04. The molecular weight excluding hydrogens is 236 g/mol. The van der Waals surface area contributed by atoms with E-state index in [0.717, 1.165) is 6.54 Å². The molecule has 2 heterocycles. The van der Waals surface area contributed by atoms with Crippen molar-refractivity contribution in [2.75, 3.05) is 26.2 Å². The fourth-order valence-corrected chi connectivity index (χ4v) is 2.94. The summed E-state index contributed by atoms with van der Waals surface area (Å²) in [6.45, 7) is 9.44. The van der Waals surface area contributed by atoms with E-state index in [4.69, 9.17) is 0 Å². The predicted octanol–water partition coefficient (Wildman–Crippen LogP) is 2.19. The molecule has 1 aromatic rings. The van der Waals surface area contributed by atoms with Crippen LogP contribution < -0.4 is 5.32 Å². The van der Waals surface area contributed by atoms with Crippen LogP contribution in [0.2, 0.25) is 0 Å². The molecule has 1 aromatic heterocycles. The monoisotopic (exact) mass is 264 g/mol. The van der Waals surface area contributed by atoms with Crippen LogP contribution in [0.5, 0.6) is 0 Å². The van der Waals surface area contributed by atoms with Gasteiger partial charge in [0, 0.05) is 25.8 Å². The topological polar surface area (TPSA) is 33.1 Å². The van der Waals surface area contributed by atoms with E-state index >= 15 is 0 Å². The molecule has 1 aliphatic heterocycles. The van der Waals surface area contributed by atoms with E-state index in [1.165, 1.54) is 44.6 Å². The van der Waals surface area contributed by atoms with E-state index in [1.54, 1.807) is 0 Å². The minimum absolute atomic E-state index is 0.372. The van der Waals surface area contributed by atoms with Crippen LogP contribution in [-0.4, -0.2) is 40.9 Å². The molecular formula is C15H28N4. The first kappa shape index (κ1) is 14.5. The Labute approximate surface area is 117 Å². The zero-order valence-electron chi connectivity index (χ0n) is 12.6. The van der Waals surface area contributed by atoms with Crippen LogP contribution in [0.3, 0.4) is 0 Å². The number of hydrogen-bond acceptors (Lipinski definition) is 3. The van der Waals surface area contributed by atoms with E-state index < -0.39 is 0 Å². The smallest absolute Gasteiger partial charge is 0.0547 e. The number of nitrogens with zero attached hydrogens (tertiary/aromatic N) is 3. The SMILES string of the molecule is CC(CNC(C)c1ccnn1C)CN1CCCCC1. The Bertz CT molecular complexity index is 368. The first-order chi connectivity index (χ1) is 9.16. The normalized spacial score (nSPS) is 20.4. The van der Waals surface area contributed by atoms with Crippen LogP contribution in [-0.2, 0) is 7.05 Å². The van der Waals surface area contributed by atoms with E-state index in [2.05, 4.69) is 35.2 Å². The lowest BCUT2D eigenvalue weighted by Crippen LogP contribution is -2.37. The summed E-state index contributed by atoms with van der Waals surface area (Å²) in [7, 11) is 2.00. The third-order valence-electron chi connectivity index (χ3n) is 4.09. The third-order valence-corrected chi connectivity index (χ3v) is 4.09. The number of hydrogen-bond donors (Lipinski definition) is 1. The summed E-state index contributed by atoms with van der Waals surface area (Å²) in [5.74, 6) is 0.703. The molecule has 4 heteroatoms. The summed E-state index contributed by atoms with van der Waals surface area (Å²) in [5, 5.41) is 7.85. The van der Waals surface area contributed by atoms with Gasteiger partial charge in [-0.15, -0.1) is 0 Å². The highest BCUT2D eigenvalue weighted by atomic mass is 15.3. The van der Waals surface area contributed by atoms with Gasteiger partial charge in [0.15, 0.2) is 0 Å². The third kappa shape index (κ3) is 4.32. The maximum Gasteiger partial charge on any atom is 0.0547 e. The van der Waals surface area contributed by atoms with Crippen LogP contribution in [0, 0.1) is 5.92 Å². The molecule has 0 bridgehead atoms. The van der Waals surface area contributed by atoms with Gasteiger partial charge in [0.25, 0.3) is 0 Å². The molecule has 0 aromatic carbocycles. The van der Waals surface area contributed by atoms with E-state index in [0.29, 0.717) is 12.0 Å². The first-order valence-corrected chi connectivity index (χ1v) is 7.60. The fraction of sp³-hybridized carbons (Fsp3) is 0.800. The minimum atomic E-state index is 0.372. The van der Waals surface area contributed by atoms with Gasteiger partial charge >= 0.3 is 0 Å². The van der Waals surface area contributed by atoms with Gasteiger partial charge in [-0.2, -0.15) is 5.10 Å². The number of piperidine rings is 1. The van der Waals surface area contributed by atoms with Crippen LogP contribution in [0.4, 0.5) is 0 Å². The lowest BCUT2D eigenvalue weighted by molar-refractivity contribution is 0.197. The van der Waals surface area contributed by atoms with Gasteiger partial charge in [-0.25, -0.2) is 0 Å². The second-order valence-corrected chi connectivity index (χ2v) is 5.98. The standard InChI is InChI=1S/C15H28N4/c1-13(12-19-9-5-4-6-10-19)11-16-14(2)15-7-8-17-18(15)3/h7-8,13-14,16H,4-6,9-12H2,1-3H3. The minimum Gasteiger partial charge on any atom is -0.309 e. The van der Waals surface area contributed by atoms with Crippen molar-refractivity contribution in [2.45, 2.75) is 39.2 Å². The van der Waals surface area contributed by atoms with Gasteiger partial charge in [-0.05, 0) is 51.4 Å². The highest BCUT2D eigenvalue weighted by Gasteiger charge is 2.15. The van der Waals surface area contributed by atoms with Gasteiger partial charge in [-0.3, -0.25) is 4.68 Å². The second-order valence-electron chi connectivity index (χ2n) is 5.98. The number of rotatable bonds is 6. The Morgan fingerprint density at radius 2 is 2.00 bits per heavy atom. The van der Waals surface area contributed by atoms with Gasteiger partial charge in [0.2, 0.25) is 0 Å². The first-order valence-electron chi connectivity index (χ1n) is 7.60. The maximum atomic E-state index is 4.23. The molecule has 19 heavy (non-hydrogen) atoms. The molecule has 0 amide bonds. The average Bonchev–Trinajstić information content (AvgIpc) is 2.83. The lowest BCUT2D eigenvalue weighted by atomic mass is 10.1. The van der Waals surface area contributed by atoms with Crippen molar-refractivity contribution in [1.82, 2.24) is 20.0 Å². The van der Waals surface area contributed by atoms with E-state index in [1.807, 2.05) is 17.9 Å². The number of aromatic nitrogens is 2. The van der Waals surface area contributed by atoms with Crippen molar-refractivity contribution in [2.24, 2.45) is 13.0 Å². The Kier molecular flexibility index (Phi) is 5.40. The number of likely N-dealkylation sites (tertiary alicyclic amines) is 1. The van der Waals surface area contributed by atoms with Crippen molar-refractivity contribution >= 4 is 0 Å². The summed E-state index contributed by atoms with van der Waals surface area (Å²) >= 11 is 0. The van der Waals surface area contributed by atoms with E-state index in [9.17, 15) is 0 Å². The summed E-state index contributed by atoms with van der Waals surface area (Å²) in [4.78, 5) is 2.62. The molecule has 1 N–H and O–H groups in total.